The number of hydrogen-bond donors (Lipinski definition) is 2. The van der Waals surface area contributed by atoms with E-state index in [4.69, 9.17) is 4.74 Å². The number of rotatable bonds is 7. The Labute approximate surface area is 127 Å². The van der Waals surface area contributed by atoms with Gasteiger partial charge in [-0.1, -0.05) is 30.3 Å². The van der Waals surface area contributed by atoms with Gasteiger partial charge in [0.2, 0.25) is 0 Å². The number of aryl methyl sites for hydroxylation is 1. The Bertz CT molecular complexity index is 403. The Hall–Kier alpha value is -1.55. The van der Waals surface area contributed by atoms with Gasteiger partial charge in [0.05, 0.1) is 0 Å². The summed E-state index contributed by atoms with van der Waals surface area (Å²) < 4.78 is 5.31. The van der Waals surface area contributed by atoms with Crippen molar-refractivity contribution in [2.24, 2.45) is 5.92 Å². The third-order valence-corrected chi connectivity index (χ3v) is 3.91. The molecule has 1 saturated heterocycles. The van der Waals surface area contributed by atoms with Gasteiger partial charge in [0.15, 0.2) is 0 Å². The second-order valence-electron chi connectivity index (χ2n) is 5.64. The van der Waals surface area contributed by atoms with Crippen LogP contribution in [0.4, 0.5) is 4.79 Å². The zero-order chi connectivity index (χ0) is 14.8. The molecule has 0 spiro atoms. The summed E-state index contributed by atoms with van der Waals surface area (Å²) in [4.78, 5) is 11.7. The normalized spacial score (nSPS) is 15.6. The van der Waals surface area contributed by atoms with E-state index in [9.17, 15) is 4.79 Å². The molecule has 1 aliphatic rings. The molecular weight excluding hydrogens is 264 g/mol. The van der Waals surface area contributed by atoms with Crippen molar-refractivity contribution in [1.82, 2.24) is 10.6 Å². The number of hydrogen-bond acceptors (Lipinski definition) is 2. The largest absolute Gasteiger partial charge is 0.381 e. The molecule has 0 atom stereocenters. The molecule has 0 bridgehead atoms. The van der Waals surface area contributed by atoms with Crippen LogP contribution in [0.2, 0.25) is 0 Å². The predicted octanol–water partition coefficient (Wildman–Crippen LogP) is 2.74. The van der Waals surface area contributed by atoms with Crippen molar-refractivity contribution in [3.05, 3.63) is 35.9 Å². The van der Waals surface area contributed by atoms with Crippen LogP contribution < -0.4 is 10.6 Å². The highest BCUT2D eigenvalue weighted by Crippen LogP contribution is 2.12. The number of urea groups is 1. The fourth-order valence-corrected chi connectivity index (χ4v) is 2.55. The monoisotopic (exact) mass is 290 g/mol. The summed E-state index contributed by atoms with van der Waals surface area (Å²) >= 11 is 0. The zero-order valence-corrected chi connectivity index (χ0v) is 12.6. The molecule has 1 aliphatic heterocycles. The van der Waals surface area contributed by atoms with Crippen LogP contribution in [0.25, 0.3) is 0 Å². The molecule has 0 aliphatic carbocycles. The molecule has 0 aromatic heterocycles. The van der Waals surface area contributed by atoms with Crippen molar-refractivity contribution >= 4 is 6.03 Å². The van der Waals surface area contributed by atoms with Gasteiger partial charge in [0.1, 0.15) is 0 Å². The molecule has 1 aromatic carbocycles. The van der Waals surface area contributed by atoms with E-state index >= 15 is 0 Å². The first-order chi connectivity index (χ1) is 10.3. The minimum atomic E-state index is -0.0406. The van der Waals surface area contributed by atoms with E-state index < -0.39 is 0 Å². The summed E-state index contributed by atoms with van der Waals surface area (Å²) in [6.45, 7) is 3.16. The van der Waals surface area contributed by atoms with Crippen LogP contribution in [0.3, 0.4) is 0 Å². The highest BCUT2D eigenvalue weighted by atomic mass is 16.5. The SMILES string of the molecule is O=C(NCCCCc1ccccc1)NCC1CCOCC1. The standard InChI is InChI=1S/C17H26N2O2/c20-17(19-14-16-9-12-21-13-10-16)18-11-5-4-8-15-6-2-1-3-7-15/h1-3,6-7,16H,4-5,8-14H2,(H2,18,19,20). The average Bonchev–Trinajstić information content (AvgIpc) is 2.54. The highest BCUT2D eigenvalue weighted by Gasteiger charge is 2.14. The molecule has 4 nitrogen and oxygen atoms in total. The summed E-state index contributed by atoms with van der Waals surface area (Å²) in [6, 6.07) is 10.4. The van der Waals surface area contributed by atoms with E-state index in [2.05, 4.69) is 34.9 Å². The van der Waals surface area contributed by atoms with E-state index in [-0.39, 0.29) is 6.03 Å². The van der Waals surface area contributed by atoms with Crippen LogP contribution in [-0.4, -0.2) is 32.3 Å². The van der Waals surface area contributed by atoms with Gasteiger partial charge >= 0.3 is 6.03 Å². The maximum atomic E-state index is 11.7. The van der Waals surface area contributed by atoms with E-state index in [0.29, 0.717) is 5.92 Å². The molecule has 116 valence electrons. The van der Waals surface area contributed by atoms with Crippen LogP contribution in [0, 0.1) is 5.92 Å². The second-order valence-corrected chi connectivity index (χ2v) is 5.64. The molecule has 1 fully saturated rings. The number of benzene rings is 1. The van der Waals surface area contributed by atoms with Crippen LogP contribution in [0.15, 0.2) is 30.3 Å². The van der Waals surface area contributed by atoms with E-state index in [1.165, 1.54) is 5.56 Å². The number of carbonyl (C=O) groups is 1. The average molecular weight is 290 g/mol. The van der Waals surface area contributed by atoms with Gasteiger partial charge in [-0.3, -0.25) is 0 Å². The number of nitrogens with one attached hydrogen (secondary N) is 2. The van der Waals surface area contributed by atoms with Crippen LogP contribution in [0.1, 0.15) is 31.2 Å². The third-order valence-electron chi connectivity index (χ3n) is 3.91. The zero-order valence-electron chi connectivity index (χ0n) is 12.6. The number of carbonyl (C=O) groups excluding carboxylic acids is 1. The van der Waals surface area contributed by atoms with Crippen molar-refractivity contribution in [2.45, 2.75) is 32.1 Å². The smallest absolute Gasteiger partial charge is 0.314 e. The fraction of sp³-hybridized carbons (Fsp3) is 0.588. The Balaban J connectivity index is 1.47. The van der Waals surface area contributed by atoms with Crippen molar-refractivity contribution in [2.75, 3.05) is 26.3 Å². The van der Waals surface area contributed by atoms with Crippen molar-refractivity contribution in [3.8, 4) is 0 Å². The Kier molecular flexibility index (Phi) is 7.08. The minimum Gasteiger partial charge on any atom is -0.381 e. The summed E-state index contributed by atoms with van der Waals surface area (Å²) in [6.07, 6.45) is 5.30. The molecule has 0 unspecified atom stereocenters. The maximum absolute atomic E-state index is 11.7. The van der Waals surface area contributed by atoms with Gasteiger partial charge < -0.3 is 15.4 Å². The lowest BCUT2D eigenvalue weighted by Crippen LogP contribution is -2.39. The van der Waals surface area contributed by atoms with Gasteiger partial charge in [0, 0.05) is 26.3 Å². The third kappa shape index (κ3) is 6.63. The molecule has 1 heterocycles. The first-order valence-electron chi connectivity index (χ1n) is 7.98. The van der Waals surface area contributed by atoms with Crippen molar-refractivity contribution in [1.29, 1.82) is 0 Å². The molecule has 2 rings (SSSR count). The lowest BCUT2D eigenvalue weighted by molar-refractivity contribution is 0.0669. The molecule has 0 saturated carbocycles. The predicted molar refractivity (Wildman–Crippen MR) is 84.3 cm³/mol. The first-order valence-corrected chi connectivity index (χ1v) is 7.98. The molecule has 2 amide bonds. The van der Waals surface area contributed by atoms with Crippen molar-refractivity contribution < 1.29 is 9.53 Å². The van der Waals surface area contributed by atoms with Gasteiger partial charge in [-0.2, -0.15) is 0 Å². The second kappa shape index (κ2) is 9.40. The van der Waals surface area contributed by atoms with E-state index in [1.54, 1.807) is 0 Å². The van der Waals surface area contributed by atoms with Crippen LogP contribution >= 0.6 is 0 Å². The molecular formula is C17H26N2O2. The minimum absolute atomic E-state index is 0.0406. The lowest BCUT2D eigenvalue weighted by Gasteiger charge is -2.22. The maximum Gasteiger partial charge on any atom is 0.314 e. The molecule has 4 heteroatoms. The molecule has 2 N–H and O–H groups in total. The summed E-state index contributed by atoms with van der Waals surface area (Å²) in [5, 5.41) is 5.88. The number of unbranched alkanes of at least 4 members (excludes halogenated alkanes) is 1. The van der Waals surface area contributed by atoms with Crippen LogP contribution in [0.5, 0.6) is 0 Å². The highest BCUT2D eigenvalue weighted by molar-refractivity contribution is 5.73. The summed E-state index contributed by atoms with van der Waals surface area (Å²) in [7, 11) is 0. The van der Waals surface area contributed by atoms with E-state index in [1.807, 2.05) is 6.07 Å². The number of amides is 2. The molecule has 1 aromatic rings. The summed E-state index contributed by atoms with van der Waals surface area (Å²) in [5.41, 5.74) is 1.36. The fourth-order valence-electron chi connectivity index (χ4n) is 2.55. The molecule has 21 heavy (non-hydrogen) atoms. The van der Waals surface area contributed by atoms with E-state index in [0.717, 1.165) is 58.4 Å². The van der Waals surface area contributed by atoms with Crippen molar-refractivity contribution in [3.63, 3.8) is 0 Å². The Morgan fingerprint density at radius 3 is 2.62 bits per heavy atom. The van der Waals surface area contributed by atoms with Crippen LogP contribution in [-0.2, 0) is 11.2 Å². The number of ether oxygens (including phenoxy) is 1. The van der Waals surface area contributed by atoms with Gasteiger partial charge in [-0.25, -0.2) is 4.79 Å². The summed E-state index contributed by atoms with van der Waals surface area (Å²) in [5.74, 6) is 0.572. The Morgan fingerprint density at radius 1 is 1.10 bits per heavy atom. The van der Waals surface area contributed by atoms with Gasteiger partial charge in [0.25, 0.3) is 0 Å². The lowest BCUT2D eigenvalue weighted by atomic mass is 10.0. The topological polar surface area (TPSA) is 50.4 Å². The Morgan fingerprint density at radius 2 is 1.86 bits per heavy atom. The van der Waals surface area contributed by atoms with Gasteiger partial charge in [-0.15, -0.1) is 0 Å². The first kappa shape index (κ1) is 15.8. The quantitative estimate of drug-likeness (QED) is 0.759. The molecule has 0 radical (unpaired) electrons. The van der Waals surface area contributed by atoms with Gasteiger partial charge in [-0.05, 0) is 43.6 Å².